The molecule has 0 unspecified atom stereocenters. The van der Waals surface area contributed by atoms with Crippen molar-refractivity contribution >= 4 is 5.69 Å². The number of hydrogen-bond donors (Lipinski definition) is 2. The minimum Gasteiger partial charge on any atom is -0.494 e. The van der Waals surface area contributed by atoms with Crippen molar-refractivity contribution in [2.24, 2.45) is 0 Å². The summed E-state index contributed by atoms with van der Waals surface area (Å²) in [4.78, 5) is 12.3. The van der Waals surface area contributed by atoms with Crippen LogP contribution in [0.1, 0.15) is 12.5 Å². The molecule has 0 atom stereocenters. The lowest BCUT2D eigenvalue weighted by Gasteiger charge is -2.20. The number of benzene rings is 1. The van der Waals surface area contributed by atoms with E-state index in [1.807, 2.05) is 6.92 Å². The van der Waals surface area contributed by atoms with Gasteiger partial charge in [0, 0.05) is 31.3 Å². The summed E-state index contributed by atoms with van der Waals surface area (Å²) in [6.45, 7) is 3.14. The number of ether oxygens (including phenoxy) is 1. The van der Waals surface area contributed by atoms with E-state index in [2.05, 4.69) is 0 Å². The summed E-state index contributed by atoms with van der Waals surface area (Å²) in [5.74, 6) is 0.570. The molecule has 0 amide bonds. The van der Waals surface area contributed by atoms with Gasteiger partial charge in [0.25, 0.3) is 5.69 Å². The lowest BCUT2D eigenvalue weighted by Crippen LogP contribution is -2.29. The van der Waals surface area contributed by atoms with E-state index < -0.39 is 4.92 Å². The Balaban J connectivity index is 2.98. The van der Waals surface area contributed by atoms with Gasteiger partial charge in [-0.15, -0.1) is 0 Å². The van der Waals surface area contributed by atoms with Crippen molar-refractivity contribution < 1.29 is 19.9 Å². The first-order valence-electron chi connectivity index (χ1n) is 6.46. The highest BCUT2D eigenvalue weighted by molar-refractivity contribution is 5.45. The van der Waals surface area contributed by atoms with Gasteiger partial charge in [-0.1, -0.05) is 0 Å². The maximum absolute atomic E-state index is 11.0. The smallest absolute Gasteiger partial charge is 0.274 e. The monoisotopic (exact) mass is 284 g/mol. The van der Waals surface area contributed by atoms with Crippen molar-refractivity contribution in [2.75, 3.05) is 32.9 Å². The van der Waals surface area contributed by atoms with Gasteiger partial charge >= 0.3 is 0 Å². The van der Waals surface area contributed by atoms with Gasteiger partial charge in [0.05, 0.1) is 24.7 Å². The van der Waals surface area contributed by atoms with Crippen LogP contribution in [0.15, 0.2) is 18.2 Å². The fraction of sp³-hybridized carbons (Fsp3) is 0.538. The van der Waals surface area contributed by atoms with E-state index in [1.54, 1.807) is 17.0 Å². The van der Waals surface area contributed by atoms with E-state index in [0.29, 0.717) is 31.0 Å². The van der Waals surface area contributed by atoms with Gasteiger partial charge in [0.1, 0.15) is 5.75 Å². The number of hydrogen-bond acceptors (Lipinski definition) is 6. The average molecular weight is 284 g/mol. The number of aliphatic hydroxyl groups excluding tert-OH is 2. The van der Waals surface area contributed by atoms with Gasteiger partial charge in [0.2, 0.25) is 0 Å². The van der Waals surface area contributed by atoms with Gasteiger partial charge in [-0.2, -0.15) is 0 Å². The molecular weight excluding hydrogens is 264 g/mol. The van der Waals surface area contributed by atoms with Crippen LogP contribution in [0.25, 0.3) is 0 Å². The number of rotatable bonds is 9. The van der Waals surface area contributed by atoms with Crippen LogP contribution >= 0.6 is 0 Å². The van der Waals surface area contributed by atoms with Crippen LogP contribution in [0, 0.1) is 10.1 Å². The lowest BCUT2D eigenvalue weighted by molar-refractivity contribution is -0.385. The van der Waals surface area contributed by atoms with E-state index in [0.717, 1.165) is 0 Å². The van der Waals surface area contributed by atoms with Crippen molar-refractivity contribution in [1.82, 2.24) is 4.90 Å². The average Bonchev–Trinajstić information content (AvgIpc) is 2.39. The molecule has 112 valence electrons. The maximum Gasteiger partial charge on any atom is 0.274 e. The predicted octanol–water partition coefficient (Wildman–Crippen LogP) is 0.780. The molecule has 7 heteroatoms. The zero-order valence-corrected chi connectivity index (χ0v) is 11.5. The van der Waals surface area contributed by atoms with Crippen molar-refractivity contribution in [3.8, 4) is 5.75 Å². The third kappa shape index (κ3) is 4.76. The first-order valence-corrected chi connectivity index (χ1v) is 6.46. The summed E-state index contributed by atoms with van der Waals surface area (Å²) in [6, 6.07) is 4.60. The lowest BCUT2D eigenvalue weighted by atomic mass is 10.1. The predicted molar refractivity (Wildman–Crippen MR) is 73.7 cm³/mol. The third-order valence-electron chi connectivity index (χ3n) is 2.79. The second-order valence-electron chi connectivity index (χ2n) is 4.20. The largest absolute Gasteiger partial charge is 0.494 e. The van der Waals surface area contributed by atoms with Crippen molar-refractivity contribution in [2.45, 2.75) is 13.5 Å². The molecule has 0 aromatic heterocycles. The molecule has 0 bridgehead atoms. The van der Waals surface area contributed by atoms with E-state index in [9.17, 15) is 10.1 Å². The van der Waals surface area contributed by atoms with Gasteiger partial charge in [-0.3, -0.25) is 15.0 Å². The SMILES string of the molecule is CCOc1ccc([N+](=O)[O-])c(CN(CCO)CCO)c1. The van der Waals surface area contributed by atoms with Gasteiger partial charge in [-0.05, 0) is 19.1 Å². The molecule has 0 aliphatic heterocycles. The van der Waals surface area contributed by atoms with Gasteiger partial charge in [-0.25, -0.2) is 0 Å². The van der Waals surface area contributed by atoms with Crippen LogP contribution in [0.2, 0.25) is 0 Å². The fourth-order valence-electron chi connectivity index (χ4n) is 1.92. The second kappa shape index (κ2) is 8.47. The van der Waals surface area contributed by atoms with E-state index in [-0.39, 0.29) is 25.4 Å². The standard InChI is InChI=1S/C13H20N2O5/c1-2-20-12-3-4-13(15(18)19)11(9-12)10-14(5-7-16)6-8-17/h3-4,9,16-17H,2,5-8,10H2,1H3. The number of nitrogens with zero attached hydrogens (tertiary/aromatic N) is 2. The minimum absolute atomic E-state index is 0.00864. The zero-order valence-electron chi connectivity index (χ0n) is 11.5. The summed E-state index contributed by atoms with van der Waals surface area (Å²) < 4.78 is 5.34. The van der Waals surface area contributed by atoms with Crippen LogP contribution in [-0.4, -0.2) is 52.9 Å². The first-order chi connectivity index (χ1) is 9.62. The van der Waals surface area contributed by atoms with Crippen LogP contribution in [-0.2, 0) is 6.54 Å². The molecule has 0 radical (unpaired) electrons. The fourth-order valence-corrected chi connectivity index (χ4v) is 1.92. The Morgan fingerprint density at radius 1 is 1.30 bits per heavy atom. The summed E-state index contributed by atoms with van der Waals surface area (Å²) in [5, 5.41) is 29.0. The zero-order chi connectivity index (χ0) is 15.0. The molecule has 0 spiro atoms. The Morgan fingerprint density at radius 2 is 1.95 bits per heavy atom. The van der Waals surface area contributed by atoms with Crippen LogP contribution in [0.3, 0.4) is 0 Å². The molecular formula is C13H20N2O5. The van der Waals surface area contributed by atoms with Crippen LogP contribution in [0.5, 0.6) is 5.75 Å². The molecule has 20 heavy (non-hydrogen) atoms. The molecule has 0 aliphatic rings. The summed E-state index contributed by atoms with van der Waals surface area (Å²) in [5.41, 5.74) is 0.511. The van der Waals surface area contributed by atoms with Gasteiger partial charge in [0.15, 0.2) is 0 Å². The van der Waals surface area contributed by atoms with Gasteiger partial charge < -0.3 is 14.9 Å². The molecule has 1 rings (SSSR count). The normalized spacial score (nSPS) is 10.8. The van der Waals surface area contributed by atoms with E-state index >= 15 is 0 Å². The molecule has 1 aromatic rings. The Bertz CT molecular complexity index is 433. The van der Waals surface area contributed by atoms with Crippen molar-refractivity contribution in [3.63, 3.8) is 0 Å². The molecule has 0 heterocycles. The molecule has 1 aromatic carbocycles. The number of nitro groups is 1. The quantitative estimate of drug-likeness (QED) is 0.514. The first kappa shape index (κ1) is 16.4. The topological polar surface area (TPSA) is 96.1 Å². The molecule has 0 saturated carbocycles. The minimum atomic E-state index is -0.443. The Hall–Kier alpha value is -1.70. The molecule has 0 saturated heterocycles. The Kier molecular flexibility index (Phi) is 6.92. The number of nitro benzene ring substituents is 1. The molecule has 0 fully saturated rings. The van der Waals surface area contributed by atoms with E-state index in [4.69, 9.17) is 14.9 Å². The third-order valence-corrected chi connectivity index (χ3v) is 2.79. The number of aliphatic hydroxyl groups is 2. The molecule has 0 aliphatic carbocycles. The highest BCUT2D eigenvalue weighted by atomic mass is 16.6. The summed E-state index contributed by atoms with van der Waals surface area (Å²) in [6.07, 6.45) is 0. The Morgan fingerprint density at radius 3 is 2.45 bits per heavy atom. The van der Waals surface area contributed by atoms with Crippen molar-refractivity contribution in [1.29, 1.82) is 0 Å². The van der Waals surface area contributed by atoms with Crippen molar-refractivity contribution in [3.05, 3.63) is 33.9 Å². The highest BCUT2D eigenvalue weighted by Crippen LogP contribution is 2.25. The Labute approximate surface area is 117 Å². The van der Waals surface area contributed by atoms with E-state index in [1.165, 1.54) is 6.07 Å². The second-order valence-corrected chi connectivity index (χ2v) is 4.20. The highest BCUT2D eigenvalue weighted by Gasteiger charge is 2.17. The van der Waals surface area contributed by atoms with Crippen LogP contribution in [0.4, 0.5) is 5.69 Å². The molecule has 7 nitrogen and oxygen atoms in total. The summed E-state index contributed by atoms with van der Waals surface area (Å²) >= 11 is 0. The van der Waals surface area contributed by atoms with Crippen LogP contribution < -0.4 is 4.74 Å². The molecule has 2 N–H and O–H groups in total. The maximum atomic E-state index is 11.0. The summed E-state index contributed by atoms with van der Waals surface area (Å²) in [7, 11) is 0.